The molecule has 1 aliphatic heterocycles. The van der Waals surface area contributed by atoms with Gasteiger partial charge < -0.3 is 0 Å². The zero-order valence-electron chi connectivity index (χ0n) is 11.7. The van der Waals surface area contributed by atoms with Gasteiger partial charge in [0.15, 0.2) is 0 Å². The molecule has 2 atom stereocenters. The Bertz CT molecular complexity index is 578. The molecule has 2 heteroatoms. The maximum atomic E-state index is 12.5. The minimum atomic E-state index is -0.233. The Morgan fingerprint density at radius 2 is 1.89 bits per heavy atom. The van der Waals surface area contributed by atoms with Gasteiger partial charge in [0.25, 0.3) is 0 Å². The van der Waals surface area contributed by atoms with Crippen LogP contribution >= 0.6 is 0 Å². The molecule has 2 fully saturated rings. The third-order valence-corrected chi connectivity index (χ3v) is 5.27. The van der Waals surface area contributed by atoms with Gasteiger partial charge in [-0.25, -0.2) is 0 Å². The Hall–Kier alpha value is -1.75. The Morgan fingerprint density at radius 3 is 2.47 bits per heavy atom. The van der Waals surface area contributed by atoms with E-state index in [1.165, 1.54) is 0 Å². The number of benzene rings is 1. The molecule has 0 aromatic heterocycles. The second-order valence-electron chi connectivity index (χ2n) is 6.39. The lowest BCUT2D eigenvalue weighted by Gasteiger charge is -2.29. The highest BCUT2D eigenvalue weighted by Crippen LogP contribution is 2.60. The van der Waals surface area contributed by atoms with Crippen molar-refractivity contribution in [3.8, 4) is 12.0 Å². The number of hydrogen-bond acceptors (Lipinski definition) is 1. The third kappa shape index (κ3) is 1.54. The second kappa shape index (κ2) is 3.87. The average Bonchev–Trinajstić information content (AvgIpc) is 2.70. The molecule has 1 saturated carbocycles. The Morgan fingerprint density at radius 1 is 1.21 bits per heavy atom. The SMILES string of the molecule is CC1(C)[C@@H]2CC[C@@]1(C)C(=O)N2C#Cc1ccccc1. The Labute approximate surface area is 114 Å². The molecule has 1 aliphatic carbocycles. The van der Waals surface area contributed by atoms with E-state index in [9.17, 15) is 4.79 Å². The van der Waals surface area contributed by atoms with Crippen LogP contribution < -0.4 is 0 Å². The van der Waals surface area contributed by atoms with Crippen molar-refractivity contribution in [1.29, 1.82) is 0 Å². The normalized spacial score (nSPS) is 31.2. The summed E-state index contributed by atoms with van der Waals surface area (Å²) in [6, 6.07) is 13.2. The van der Waals surface area contributed by atoms with Crippen LogP contribution in [0.25, 0.3) is 0 Å². The van der Waals surface area contributed by atoms with Crippen LogP contribution in [0.4, 0.5) is 0 Å². The van der Waals surface area contributed by atoms with Gasteiger partial charge >= 0.3 is 0 Å². The summed E-state index contributed by atoms with van der Waals surface area (Å²) >= 11 is 0. The van der Waals surface area contributed by atoms with E-state index < -0.39 is 0 Å². The summed E-state index contributed by atoms with van der Waals surface area (Å²) in [4.78, 5) is 14.3. The van der Waals surface area contributed by atoms with Crippen molar-refractivity contribution in [3.63, 3.8) is 0 Å². The maximum Gasteiger partial charge on any atom is 0.240 e. The van der Waals surface area contributed by atoms with E-state index in [1.54, 1.807) is 4.90 Å². The monoisotopic (exact) mass is 253 g/mol. The van der Waals surface area contributed by atoms with Gasteiger partial charge in [-0.2, -0.15) is 0 Å². The number of nitrogens with zero attached hydrogens (tertiary/aromatic N) is 1. The fraction of sp³-hybridized carbons (Fsp3) is 0.471. The predicted octanol–water partition coefficient (Wildman–Crippen LogP) is 3.03. The molecule has 98 valence electrons. The third-order valence-electron chi connectivity index (χ3n) is 5.27. The summed E-state index contributed by atoms with van der Waals surface area (Å²) < 4.78 is 0. The summed E-state index contributed by atoms with van der Waals surface area (Å²) in [6.45, 7) is 6.50. The van der Waals surface area contributed by atoms with Crippen LogP contribution in [0.3, 0.4) is 0 Å². The lowest BCUT2D eigenvalue weighted by molar-refractivity contribution is -0.136. The number of likely N-dealkylation sites (tertiary alicyclic amines) is 1. The molecule has 0 N–H and O–H groups in total. The van der Waals surface area contributed by atoms with Gasteiger partial charge in [-0.1, -0.05) is 39.0 Å². The molecule has 1 amide bonds. The van der Waals surface area contributed by atoms with Crippen LogP contribution in [0.5, 0.6) is 0 Å². The number of carbonyl (C=O) groups is 1. The van der Waals surface area contributed by atoms with Gasteiger partial charge in [-0.05, 0) is 30.9 Å². The molecule has 2 aliphatic rings. The first-order valence-electron chi connectivity index (χ1n) is 6.87. The van der Waals surface area contributed by atoms with Crippen LogP contribution in [0.1, 0.15) is 39.2 Å². The van der Waals surface area contributed by atoms with E-state index in [4.69, 9.17) is 0 Å². The molecule has 1 heterocycles. The average molecular weight is 253 g/mol. The van der Waals surface area contributed by atoms with E-state index in [0.717, 1.165) is 18.4 Å². The standard InChI is InChI=1S/C17H19NO/c1-16(2)14-9-11-17(16,3)15(19)18(14)12-10-13-7-5-4-6-8-13/h4-8,14H,9,11H2,1-3H3/t14-,17-/m0/s1. The quantitative estimate of drug-likeness (QED) is 0.651. The van der Waals surface area contributed by atoms with Crippen molar-refractivity contribution < 1.29 is 4.79 Å². The molecular formula is C17H19NO. The van der Waals surface area contributed by atoms with Crippen molar-refractivity contribution in [3.05, 3.63) is 35.9 Å². The highest BCUT2D eigenvalue weighted by Gasteiger charge is 2.65. The molecule has 0 spiro atoms. The minimum Gasteiger partial charge on any atom is -0.273 e. The summed E-state index contributed by atoms with van der Waals surface area (Å²) in [6.07, 6.45) is 2.06. The first-order chi connectivity index (χ1) is 8.97. The van der Waals surface area contributed by atoms with Gasteiger partial charge in [0.1, 0.15) is 0 Å². The number of rotatable bonds is 0. The number of carbonyl (C=O) groups excluding carboxylic acids is 1. The summed E-state index contributed by atoms with van der Waals surface area (Å²) in [5.74, 6) is 3.32. The molecule has 1 saturated heterocycles. The largest absolute Gasteiger partial charge is 0.273 e. The lowest BCUT2D eigenvalue weighted by atomic mass is 9.70. The fourth-order valence-electron chi connectivity index (χ4n) is 3.49. The van der Waals surface area contributed by atoms with Crippen LogP contribution in [-0.2, 0) is 4.79 Å². The smallest absolute Gasteiger partial charge is 0.240 e. The summed E-state index contributed by atoms with van der Waals surface area (Å²) in [5.41, 5.74) is 0.749. The van der Waals surface area contributed by atoms with Crippen molar-refractivity contribution in [2.45, 2.75) is 39.7 Å². The predicted molar refractivity (Wildman–Crippen MR) is 75.1 cm³/mol. The van der Waals surface area contributed by atoms with E-state index >= 15 is 0 Å². The molecule has 1 aromatic rings. The highest BCUT2D eigenvalue weighted by molar-refractivity contribution is 5.89. The van der Waals surface area contributed by atoms with Gasteiger partial charge in [-0.15, -0.1) is 0 Å². The maximum absolute atomic E-state index is 12.5. The van der Waals surface area contributed by atoms with Gasteiger partial charge in [0, 0.05) is 17.0 Å². The van der Waals surface area contributed by atoms with Gasteiger partial charge in [0.2, 0.25) is 5.91 Å². The molecule has 2 bridgehead atoms. The van der Waals surface area contributed by atoms with Gasteiger partial charge in [0.05, 0.1) is 11.5 Å². The summed E-state index contributed by atoms with van der Waals surface area (Å²) in [5, 5.41) is 0. The van der Waals surface area contributed by atoms with Crippen LogP contribution in [-0.4, -0.2) is 16.8 Å². The van der Waals surface area contributed by atoms with E-state index in [2.05, 4.69) is 32.7 Å². The molecule has 0 radical (unpaired) electrons. The minimum absolute atomic E-state index is 0.0233. The first-order valence-corrected chi connectivity index (χ1v) is 6.87. The molecule has 0 unspecified atom stereocenters. The number of fused-ring (bicyclic) bond motifs is 2. The summed E-state index contributed by atoms with van der Waals surface area (Å²) in [7, 11) is 0. The number of hydrogen-bond donors (Lipinski definition) is 0. The topological polar surface area (TPSA) is 20.3 Å². The zero-order valence-corrected chi connectivity index (χ0v) is 11.7. The van der Waals surface area contributed by atoms with Crippen molar-refractivity contribution in [2.24, 2.45) is 10.8 Å². The van der Waals surface area contributed by atoms with Crippen LogP contribution in [0, 0.1) is 22.8 Å². The van der Waals surface area contributed by atoms with Crippen molar-refractivity contribution in [1.82, 2.24) is 4.90 Å². The molecule has 3 rings (SSSR count). The lowest BCUT2D eigenvalue weighted by Crippen LogP contribution is -2.36. The molecule has 2 nitrogen and oxygen atoms in total. The van der Waals surface area contributed by atoms with Crippen LogP contribution in [0.2, 0.25) is 0 Å². The number of piperidine rings is 1. The Balaban J connectivity index is 1.93. The van der Waals surface area contributed by atoms with Gasteiger partial charge in [-0.3, -0.25) is 9.69 Å². The van der Waals surface area contributed by atoms with E-state index in [0.29, 0.717) is 0 Å². The molecule has 1 aromatic carbocycles. The number of amides is 1. The molecule has 19 heavy (non-hydrogen) atoms. The van der Waals surface area contributed by atoms with E-state index in [1.807, 2.05) is 30.3 Å². The zero-order chi connectivity index (χ0) is 13.7. The highest BCUT2D eigenvalue weighted by atomic mass is 16.2. The van der Waals surface area contributed by atoms with Crippen molar-refractivity contribution >= 4 is 5.91 Å². The van der Waals surface area contributed by atoms with Crippen LogP contribution in [0.15, 0.2) is 30.3 Å². The second-order valence-corrected chi connectivity index (χ2v) is 6.39. The fourth-order valence-corrected chi connectivity index (χ4v) is 3.49. The Kier molecular flexibility index (Phi) is 2.50. The van der Waals surface area contributed by atoms with E-state index in [-0.39, 0.29) is 22.8 Å². The van der Waals surface area contributed by atoms with Crippen molar-refractivity contribution in [2.75, 3.05) is 0 Å². The molecular weight excluding hydrogens is 234 g/mol. The first kappa shape index (κ1) is 12.3.